The van der Waals surface area contributed by atoms with Crippen LogP contribution >= 0.6 is 0 Å². The minimum Gasteiger partial charge on any atom is -0.305 e. The van der Waals surface area contributed by atoms with Crippen LogP contribution in [0.15, 0.2) is 54.6 Å². The summed E-state index contributed by atoms with van der Waals surface area (Å²) in [6, 6.07) is 17.9. The van der Waals surface area contributed by atoms with Gasteiger partial charge in [-0.25, -0.2) is 0 Å². The third-order valence-electron chi connectivity index (χ3n) is 4.10. The normalized spacial score (nSPS) is 22.7. The summed E-state index contributed by atoms with van der Waals surface area (Å²) in [5.41, 5.74) is 5.73. The van der Waals surface area contributed by atoms with Gasteiger partial charge in [-0.3, -0.25) is 0 Å². The van der Waals surface area contributed by atoms with Crippen LogP contribution in [0.1, 0.15) is 34.2 Å². The van der Waals surface area contributed by atoms with Gasteiger partial charge < -0.3 is 5.32 Å². The van der Waals surface area contributed by atoms with Crippen molar-refractivity contribution >= 4 is 24.9 Å². The summed E-state index contributed by atoms with van der Waals surface area (Å²) in [6.07, 6.45) is 4.59. The SMILES string of the molecule is C1=CC(C2NCc3ccccc32)c2ccccc21.[Li]. The van der Waals surface area contributed by atoms with Crippen molar-refractivity contribution in [1.82, 2.24) is 5.32 Å². The quantitative estimate of drug-likeness (QED) is 0.754. The second kappa shape index (κ2) is 5.02. The van der Waals surface area contributed by atoms with Crippen molar-refractivity contribution in [2.75, 3.05) is 0 Å². The zero-order valence-corrected chi connectivity index (χ0v) is 11.1. The molecule has 0 spiro atoms. The minimum atomic E-state index is 0. The molecule has 2 aromatic rings. The molecule has 1 aliphatic carbocycles. The molecule has 2 aromatic carbocycles. The van der Waals surface area contributed by atoms with Crippen molar-refractivity contribution in [2.45, 2.75) is 18.5 Å². The Morgan fingerprint density at radius 2 is 1.63 bits per heavy atom. The van der Waals surface area contributed by atoms with Gasteiger partial charge in [0.25, 0.3) is 0 Å². The number of hydrogen-bond donors (Lipinski definition) is 1. The zero-order chi connectivity index (χ0) is 11.9. The Labute approximate surface area is 125 Å². The summed E-state index contributed by atoms with van der Waals surface area (Å²) in [6.45, 7) is 0.993. The van der Waals surface area contributed by atoms with E-state index in [1.807, 2.05) is 0 Å². The zero-order valence-electron chi connectivity index (χ0n) is 11.1. The fourth-order valence-electron chi connectivity index (χ4n) is 3.22. The monoisotopic (exact) mass is 240 g/mol. The Morgan fingerprint density at radius 3 is 2.53 bits per heavy atom. The molecular weight excluding hydrogens is 225 g/mol. The second-order valence-corrected chi connectivity index (χ2v) is 5.07. The molecule has 2 aliphatic rings. The fourth-order valence-corrected chi connectivity index (χ4v) is 3.22. The summed E-state index contributed by atoms with van der Waals surface area (Å²) in [5.74, 6) is 0.477. The molecule has 0 saturated heterocycles. The standard InChI is InChI=1S/C17H15N.Li/c1-3-7-14-12(5-1)9-10-16(14)17-15-8-4-2-6-13(15)11-18-17;/h1-10,16-18H,11H2;. The predicted molar refractivity (Wildman–Crippen MR) is 80.0 cm³/mol. The molecule has 1 heterocycles. The van der Waals surface area contributed by atoms with Crippen molar-refractivity contribution < 1.29 is 0 Å². The van der Waals surface area contributed by atoms with Gasteiger partial charge in [-0.1, -0.05) is 60.7 Å². The number of fused-ring (bicyclic) bond motifs is 2. The van der Waals surface area contributed by atoms with Crippen molar-refractivity contribution in [2.24, 2.45) is 0 Å². The number of benzene rings is 2. The van der Waals surface area contributed by atoms with E-state index in [1.54, 1.807) is 0 Å². The van der Waals surface area contributed by atoms with E-state index in [-0.39, 0.29) is 18.9 Å². The molecule has 0 fully saturated rings. The van der Waals surface area contributed by atoms with Crippen LogP contribution in [0.25, 0.3) is 6.08 Å². The number of rotatable bonds is 1. The van der Waals surface area contributed by atoms with Gasteiger partial charge in [-0.05, 0) is 22.3 Å². The first-order chi connectivity index (χ1) is 8.93. The maximum Gasteiger partial charge on any atom is 0.0430 e. The summed E-state index contributed by atoms with van der Waals surface area (Å²) in [5, 5.41) is 3.65. The van der Waals surface area contributed by atoms with Crippen LogP contribution in [0.3, 0.4) is 0 Å². The Kier molecular flexibility index (Phi) is 3.37. The third-order valence-corrected chi connectivity index (χ3v) is 4.10. The van der Waals surface area contributed by atoms with Gasteiger partial charge in [0.1, 0.15) is 0 Å². The average molecular weight is 240 g/mol. The Hall–Kier alpha value is -1.26. The van der Waals surface area contributed by atoms with Crippen molar-refractivity contribution in [3.63, 3.8) is 0 Å². The van der Waals surface area contributed by atoms with Gasteiger partial charge in [-0.2, -0.15) is 0 Å². The van der Waals surface area contributed by atoms with E-state index in [9.17, 15) is 0 Å². The van der Waals surface area contributed by atoms with Gasteiger partial charge in [0.05, 0.1) is 0 Å². The molecule has 1 radical (unpaired) electrons. The van der Waals surface area contributed by atoms with E-state index in [1.165, 1.54) is 22.3 Å². The molecule has 0 bridgehead atoms. The smallest absolute Gasteiger partial charge is 0.0430 e. The van der Waals surface area contributed by atoms with Crippen LogP contribution in [0.2, 0.25) is 0 Å². The van der Waals surface area contributed by atoms with Gasteiger partial charge in [-0.15, -0.1) is 0 Å². The molecule has 1 aliphatic heterocycles. The minimum absolute atomic E-state index is 0. The first kappa shape index (κ1) is 12.8. The summed E-state index contributed by atoms with van der Waals surface area (Å²) >= 11 is 0. The predicted octanol–water partition coefficient (Wildman–Crippen LogP) is 3.26. The molecule has 2 unspecified atom stereocenters. The molecule has 4 rings (SSSR count). The average Bonchev–Trinajstić information content (AvgIpc) is 3.01. The maximum absolute atomic E-state index is 3.65. The molecule has 19 heavy (non-hydrogen) atoms. The van der Waals surface area contributed by atoms with Crippen LogP contribution in [-0.2, 0) is 6.54 Å². The molecular formula is C17H15LiN. The van der Waals surface area contributed by atoms with E-state index >= 15 is 0 Å². The molecule has 89 valence electrons. The van der Waals surface area contributed by atoms with Crippen LogP contribution in [-0.4, -0.2) is 18.9 Å². The van der Waals surface area contributed by atoms with E-state index in [0.29, 0.717) is 12.0 Å². The number of hydrogen-bond acceptors (Lipinski definition) is 1. The molecule has 1 nitrogen and oxygen atoms in total. The first-order valence-corrected chi connectivity index (χ1v) is 6.52. The van der Waals surface area contributed by atoms with E-state index in [0.717, 1.165) is 6.54 Å². The van der Waals surface area contributed by atoms with E-state index < -0.39 is 0 Å². The van der Waals surface area contributed by atoms with Crippen LogP contribution in [0.5, 0.6) is 0 Å². The van der Waals surface area contributed by atoms with Crippen molar-refractivity contribution in [3.05, 3.63) is 76.9 Å². The van der Waals surface area contributed by atoms with Crippen LogP contribution in [0, 0.1) is 0 Å². The van der Waals surface area contributed by atoms with Crippen LogP contribution < -0.4 is 5.32 Å². The third kappa shape index (κ3) is 1.99. The Bertz CT molecular complexity index is 633. The fraction of sp³-hybridized carbons (Fsp3) is 0.176. The topological polar surface area (TPSA) is 12.0 Å². The summed E-state index contributed by atoms with van der Waals surface area (Å²) in [4.78, 5) is 0. The second-order valence-electron chi connectivity index (χ2n) is 5.07. The number of nitrogens with one attached hydrogen (secondary N) is 1. The van der Waals surface area contributed by atoms with Crippen molar-refractivity contribution in [1.29, 1.82) is 0 Å². The van der Waals surface area contributed by atoms with Gasteiger partial charge in [0, 0.05) is 37.4 Å². The molecule has 0 amide bonds. The van der Waals surface area contributed by atoms with Gasteiger partial charge >= 0.3 is 0 Å². The summed E-state index contributed by atoms with van der Waals surface area (Å²) in [7, 11) is 0. The molecule has 1 N–H and O–H groups in total. The summed E-state index contributed by atoms with van der Waals surface area (Å²) < 4.78 is 0. The Balaban J connectivity index is 0.00000110. The van der Waals surface area contributed by atoms with Gasteiger partial charge in [0.15, 0.2) is 0 Å². The molecule has 2 heteroatoms. The molecule has 0 saturated carbocycles. The largest absolute Gasteiger partial charge is 0.305 e. The molecule has 0 aromatic heterocycles. The van der Waals surface area contributed by atoms with E-state index in [4.69, 9.17) is 0 Å². The van der Waals surface area contributed by atoms with Gasteiger partial charge in [0.2, 0.25) is 0 Å². The Morgan fingerprint density at radius 1 is 0.895 bits per heavy atom. The van der Waals surface area contributed by atoms with Crippen LogP contribution in [0.4, 0.5) is 0 Å². The van der Waals surface area contributed by atoms with Crippen molar-refractivity contribution in [3.8, 4) is 0 Å². The first-order valence-electron chi connectivity index (χ1n) is 6.52. The van der Waals surface area contributed by atoms with E-state index in [2.05, 4.69) is 66.0 Å². The molecule has 2 atom stereocenters. The maximum atomic E-state index is 3.65.